The molecular weight excluding hydrogens is 188 g/mol. The van der Waals surface area contributed by atoms with E-state index in [0.717, 1.165) is 6.29 Å². The minimum absolute atomic E-state index is 0.484. The highest BCUT2D eigenvalue weighted by Gasteiger charge is 2.05. The molecule has 5 nitrogen and oxygen atoms in total. The molecule has 2 aromatic rings. The monoisotopic (exact) mass is 194 g/mol. The van der Waals surface area contributed by atoms with Crippen LogP contribution < -0.4 is 0 Å². The summed E-state index contributed by atoms with van der Waals surface area (Å²) in [4.78, 5) is 18.7. The van der Waals surface area contributed by atoms with Crippen LogP contribution in [0.25, 0.3) is 5.65 Å². The quantitative estimate of drug-likeness (QED) is 0.519. The van der Waals surface area contributed by atoms with Crippen LogP contribution in [0, 0.1) is 0 Å². The van der Waals surface area contributed by atoms with Crippen molar-refractivity contribution in [1.82, 2.24) is 19.6 Å². The molecule has 0 aliphatic carbocycles. The third-order valence-corrected chi connectivity index (χ3v) is 2.15. The Kier molecular flexibility index (Phi) is 1.97. The molecule has 0 bridgehead atoms. The maximum atomic E-state index is 10.6. The van der Waals surface area contributed by atoms with Gasteiger partial charge in [0.2, 0.25) is 0 Å². The topological polar surface area (TPSA) is 60.2 Å². The van der Waals surface area contributed by atoms with Crippen molar-refractivity contribution >= 4 is 23.7 Å². The molecule has 0 aliphatic rings. The van der Waals surface area contributed by atoms with Gasteiger partial charge in [0.05, 0.1) is 11.8 Å². The van der Waals surface area contributed by atoms with Crippen LogP contribution in [0.1, 0.15) is 10.4 Å². The van der Waals surface area contributed by atoms with Crippen molar-refractivity contribution in [2.24, 2.45) is 0 Å². The second-order valence-corrected chi connectivity index (χ2v) is 3.10. The van der Waals surface area contributed by atoms with Crippen LogP contribution in [0.3, 0.4) is 0 Å². The molecule has 0 spiro atoms. The van der Waals surface area contributed by atoms with Crippen LogP contribution in [-0.2, 0) is 0 Å². The van der Waals surface area contributed by atoms with E-state index in [1.165, 1.54) is 22.5 Å². The summed E-state index contributed by atoms with van der Waals surface area (Å²) in [6, 6.07) is 0. The average molecular weight is 194 g/mol. The lowest BCUT2D eigenvalue weighted by Gasteiger charge is -1.94. The number of aldehydes is 1. The number of rotatable bonds is 2. The van der Waals surface area contributed by atoms with Gasteiger partial charge in [-0.2, -0.15) is 5.10 Å². The Morgan fingerprint density at radius 1 is 1.62 bits per heavy atom. The Morgan fingerprint density at radius 2 is 2.46 bits per heavy atom. The molecule has 0 aromatic carbocycles. The molecule has 0 radical (unpaired) electrons. The number of thioether (sulfide) groups is 1. The van der Waals surface area contributed by atoms with E-state index in [1.54, 1.807) is 6.33 Å². The van der Waals surface area contributed by atoms with Crippen LogP contribution in [0.5, 0.6) is 0 Å². The van der Waals surface area contributed by atoms with Gasteiger partial charge in [-0.3, -0.25) is 4.79 Å². The Bertz CT molecular complexity index is 453. The molecule has 13 heavy (non-hydrogen) atoms. The summed E-state index contributed by atoms with van der Waals surface area (Å²) in [5.74, 6) is 0. The lowest BCUT2D eigenvalue weighted by atomic mass is 10.4. The summed E-state index contributed by atoms with van der Waals surface area (Å²) in [6.07, 6.45) is 5.63. The molecule has 2 rings (SSSR count). The standard InChI is InChI=1S/C7H6N4OS/c1-13-7-8-4-11-6(10-7)5(3-12)2-9-11/h2-4H,1H3. The van der Waals surface area contributed by atoms with Gasteiger partial charge in [-0.05, 0) is 6.26 Å². The summed E-state index contributed by atoms with van der Waals surface area (Å²) in [5, 5.41) is 4.55. The Hall–Kier alpha value is -1.43. The highest BCUT2D eigenvalue weighted by atomic mass is 32.2. The molecule has 2 aromatic heterocycles. The van der Waals surface area contributed by atoms with Gasteiger partial charge in [-0.1, -0.05) is 11.8 Å². The van der Waals surface area contributed by atoms with E-state index in [4.69, 9.17) is 0 Å². The van der Waals surface area contributed by atoms with E-state index < -0.39 is 0 Å². The Labute approximate surface area is 78.2 Å². The Balaban J connectivity index is 2.71. The van der Waals surface area contributed by atoms with E-state index in [2.05, 4.69) is 15.1 Å². The van der Waals surface area contributed by atoms with Crippen molar-refractivity contribution in [2.45, 2.75) is 5.16 Å². The van der Waals surface area contributed by atoms with Crippen molar-refractivity contribution < 1.29 is 4.79 Å². The van der Waals surface area contributed by atoms with Crippen LogP contribution in [0.2, 0.25) is 0 Å². The third-order valence-electron chi connectivity index (χ3n) is 1.59. The largest absolute Gasteiger partial charge is 0.298 e. The van der Waals surface area contributed by atoms with Gasteiger partial charge in [0.1, 0.15) is 6.33 Å². The molecule has 0 fully saturated rings. The van der Waals surface area contributed by atoms with Gasteiger partial charge in [0.15, 0.2) is 17.1 Å². The number of carbonyl (C=O) groups is 1. The summed E-state index contributed by atoms with van der Waals surface area (Å²) in [5.41, 5.74) is 1.03. The van der Waals surface area contributed by atoms with Crippen molar-refractivity contribution in [3.63, 3.8) is 0 Å². The van der Waals surface area contributed by atoms with Crippen LogP contribution >= 0.6 is 11.8 Å². The van der Waals surface area contributed by atoms with Crippen molar-refractivity contribution in [3.8, 4) is 0 Å². The van der Waals surface area contributed by atoms with E-state index in [9.17, 15) is 4.79 Å². The number of fused-ring (bicyclic) bond motifs is 1. The molecule has 0 aliphatic heterocycles. The molecule has 0 saturated carbocycles. The minimum atomic E-state index is 0.484. The molecule has 0 amide bonds. The minimum Gasteiger partial charge on any atom is -0.298 e. The van der Waals surface area contributed by atoms with E-state index in [-0.39, 0.29) is 0 Å². The van der Waals surface area contributed by atoms with Gasteiger partial charge in [-0.15, -0.1) is 0 Å². The number of nitrogens with zero attached hydrogens (tertiary/aromatic N) is 4. The predicted molar refractivity (Wildman–Crippen MR) is 48.0 cm³/mol. The smallest absolute Gasteiger partial charge is 0.190 e. The summed E-state index contributed by atoms with van der Waals surface area (Å²) in [7, 11) is 0. The number of carbonyl (C=O) groups excluding carboxylic acids is 1. The molecule has 66 valence electrons. The zero-order valence-electron chi connectivity index (χ0n) is 6.84. The zero-order chi connectivity index (χ0) is 9.26. The first-order valence-electron chi connectivity index (χ1n) is 3.54. The molecule has 6 heteroatoms. The van der Waals surface area contributed by atoms with Gasteiger partial charge in [-0.25, -0.2) is 14.5 Å². The first-order valence-corrected chi connectivity index (χ1v) is 4.77. The van der Waals surface area contributed by atoms with E-state index >= 15 is 0 Å². The highest BCUT2D eigenvalue weighted by Crippen LogP contribution is 2.10. The zero-order valence-corrected chi connectivity index (χ0v) is 7.65. The summed E-state index contributed by atoms with van der Waals surface area (Å²) in [6.45, 7) is 0. The fraction of sp³-hybridized carbons (Fsp3) is 0.143. The third kappa shape index (κ3) is 1.29. The number of hydrogen-bond donors (Lipinski definition) is 0. The average Bonchev–Trinajstić information content (AvgIpc) is 2.59. The second kappa shape index (κ2) is 3.14. The van der Waals surface area contributed by atoms with Crippen LogP contribution in [0.15, 0.2) is 17.7 Å². The molecule has 0 unspecified atom stereocenters. The molecule has 0 saturated heterocycles. The normalized spacial score (nSPS) is 10.5. The van der Waals surface area contributed by atoms with Gasteiger partial charge in [0.25, 0.3) is 0 Å². The fourth-order valence-electron chi connectivity index (χ4n) is 0.974. The highest BCUT2D eigenvalue weighted by molar-refractivity contribution is 7.98. The van der Waals surface area contributed by atoms with E-state index in [1.807, 2.05) is 6.26 Å². The summed E-state index contributed by atoms with van der Waals surface area (Å²) < 4.78 is 1.48. The number of aromatic nitrogens is 4. The van der Waals surface area contributed by atoms with Crippen LogP contribution in [-0.4, -0.2) is 32.1 Å². The maximum absolute atomic E-state index is 10.6. The van der Waals surface area contributed by atoms with Gasteiger partial charge >= 0.3 is 0 Å². The van der Waals surface area contributed by atoms with Crippen molar-refractivity contribution in [2.75, 3.05) is 6.26 Å². The molecule has 0 N–H and O–H groups in total. The van der Waals surface area contributed by atoms with Gasteiger partial charge in [0, 0.05) is 0 Å². The predicted octanol–water partition coefficient (Wildman–Crippen LogP) is 0.659. The van der Waals surface area contributed by atoms with Crippen LogP contribution in [0.4, 0.5) is 0 Å². The SMILES string of the molecule is CSc1ncn2ncc(C=O)c2n1. The van der Waals surface area contributed by atoms with Crippen molar-refractivity contribution in [1.29, 1.82) is 0 Å². The maximum Gasteiger partial charge on any atom is 0.190 e. The van der Waals surface area contributed by atoms with Gasteiger partial charge < -0.3 is 0 Å². The Morgan fingerprint density at radius 3 is 3.15 bits per heavy atom. The fourth-order valence-corrected chi connectivity index (χ4v) is 1.30. The molecule has 2 heterocycles. The first-order chi connectivity index (χ1) is 6.35. The summed E-state index contributed by atoms with van der Waals surface area (Å²) >= 11 is 1.43. The second-order valence-electron chi connectivity index (χ2n) is 2.33. The number of hydrogen-bond acceptors (Lipinski definition) is 5. The lowest BCUT2D eigenvalue weighted by Crippen LogP contribution is -1.95. The lowest BCUT2D eigenvalue weighted by molar-refractivity contribution is 0.112. The van der Waals surface area contributed by atoms with Crippen molar-refractivity contribution in [3.05, 3.63) is 18.1 Å². The molecule has 0 atom stereocenters. The molecular formula is C7H6N4OS. The van der Waals surface area contributed by atoms with E-state index in [0.29, 0.717) is 16.4 Å². The first kappa shape index (κ1) is 8.18.